The number of hydrogen-bond acceptors (Lipinski definition) is 8. The van der Waals surface area contributed by atoms with E-state index >= 15 is 0 Å². The predicted molar refractivity (Wildman–Crippen MR) is 138 cm³/mol. The summed E-state index contributed by atoms with van der Waals surface area (Å²) in [7, 11) is 0. The van der Waals surface area contributed by atoms with Crippen LogP contribution in [0.3, 0.4) is 0 Å². The van der Waals surface area contributed by atoms with Crippen LogP contribution in [0.5, 0.6) is 11.5 Å². The highest BCUT2D eigenvalue weighted by atomic mass is 32.1. The summed E-state index contributed by atoms with van der Waals surface area (Å²) in [5, 5.41) is 11.3. The highest BCUT2D eigenvalue weighted by Gasteiger charge is 2.27. The van der Waals surface area contributed by atoms with E-state index < -0.39 is 6.10 Å². The van der Waals surface area contributed by atoms with E-state index in [2.05, 4.69) is 10.1 Å². The van der Waals surface area contributed by atoms with Crippen LogP contribution in [0, 0.1) is 0 Å². The van der Waals surface area contributed by atoms with Crippen molar-refractivity contribution in [1.29, 1.82) is 0 Å². The van der Waals surface area contributed by atoms with Crippen molar-refractivity contribution in [2.45, 2.75) is 6.10 Å². The number of benzene rings is 2. The quantitative estimate of drug-likeness (QED) is 0.354. The Morgan fingerprint density at radius 3 is 2.61 bits per heavy atom. The normalized spacial score (nSPS) is 15.6. The third-order valence-corrected chi connectivity index (χ3v) is 7.64. The van der Waals surface area contributed by atoms with Crippen LogP contribution >= 0.6 is 22.7 Å². The molecule has 0 aliphatic carbocycles. The zero-order chi connectivity index (χ0) is 24.1. The van der Waals surface area contributed by atoms with Crippen molar-refractivity contribution in [2.75, 3.05) is 6.61 Å². The van der Waals surface area contributed by atoms with Crippen LogP contribution in [0.4, 0.5) is 0 Å². The number of aromatic nitrogens is 5. The fraction of sp³-hybridized carbons (Fsp3) is 0.0769. The first-order valence-electron chi connectivity index (χ1n) is 11.2. The van der Waals surface area contributed by atoms with Gasteiger partial charge < -0.3 is 9.47 Å². The lowest BCUT2D eigenvalue weighted by Gasteiger charge is -2.24. The molecular weight excluding hydrogens is 494 g/mol. The fourth-order valence-corrected chi connectivity index (χ4v) is 5.72. The summed E-state index contributed by atoms with van der Waals surface area (Å²) in [6.07, 6.45) is 3.32. The number of thiophene rings is 1. The molecule has 2 aromatic carbocycles. The molecule has 1 unspecified atom stereocenters. The highest BCUT2D eigenvalue weighted by Crippen LogP contribution is 2.35. The average molecular weight is 512 g/mol. The van der Waals surface area contributed by atoms with E-state index in [1.54, 1.807) is 11.3 Å². The molecule has 0 spiro atoms. The Morgan fingerprint density at radius 2 is 1.81 bits per heavy atom. The van der Waals surface area contributed by atoms with Crippen molar-refractivity contribution >= 4 is 33.7 Å². The van der Waals surface area contributed by atoms with E-state index in [0.717, 1.165) is 21.8 Å². The number of ether oxygens (including phenoxy) is 2. The van der Waals surface area contributed by atoms with Gasteiger partial charge in [-0.2, -0.15) is 14.6 Å². The van der Waals surface area contributed by atoms with Crippen LogP contribution in [0.15, 0.2) is 83.1 Å². The molecule has 1 aliphatic rings. The van der Waals surface area contributed by atoms with Crippen molar-refractivity contribution in [1.82, 2.24) is 24.4 Å². The van der Waals surface area contributed by atoms with Gasteiger partial charge in [0.1, 0.15) is 12.3 Å². The van der Waals surface area contributed by atoms with Crippen LogP contribution in [0.1, 0.15) is 17.5 Å². The summed E-state index contributed by atoms with van der Waals surface area (Å²) in [5.74, 6) is 1.75. The van der Waals surface area contributed by atoms with E-state index in [9.17, 15) is 4.79 Å². The van der Waals surface area contributed by atoms with Gasteiger partial charge in [-0.1, -0.05) is 47.7 Å². The molecule has 8 nitrogen and oxygen atoms in total. The van der Waals surface area contributed by atoms with Gasteiger partial charge in [0, 0.05) is 11.8 Å². The number of thiazole rings is 1. The van der Waals surface area contributed by atoms with E-state index in [1.165, 1.54) is 15.9 Å². The number of rotatable bonds is 4. The summed E-state index contributed by atoms with van der Waals surface area (Å²) < 4.78 is 15.5. The fourth-order valence-electron chi connectivity index (χ4n) is 4.08. The van der Waals surface area contributed by atoms with E-state index in [1.807, 2.05) is 89.1 Å². The lowest BCUT2D eigenvalue weighted by Crippen LogP contribution is -2.26. The van der Waals surface area contributed by atoms with Gasteiger partial charge in [-0.15, -0.1) is 16.4 Å². The number of para-hydroxylation sites is 3. The molecule has 36 heavy (non-hydrogen) atoms. The molecule has 6 aromatic rings. The van der Waals surface area contributed by atoms with Gasteiger partial charge in [0.2, 0.25) is 4.96 Å². The summed E-state index contributed by atoms with van der Waals surface area (Å²) in [6, 6.07) is 21.4. The topological polar surface area (TPSA) is 83.5 Å². The van der Waals surface area contributed by atoms with E-state index in [0.29, 0.717) is 26.8 Å². The van der Waals surface area contributed by atoms with Gasteiger partial charge in [0.15, 0.2) is 23.4 Å². The molecule has 0 bridgehead atoms. The zero-order valence-electron chi connectivity index (χ0n) is 18.6. The SMILES string of the molecule is O=c1/c(=C/c2cn(-c3ccccc3)nc2-c2cccs2)sc2nc(C3COc4ccccc4O3)nn12. The maximum absolute atomic E-state index is 13.2. The van der Waals surface area contributed by atoms with Crippen molar-refractivity contribution in [2.24, 2.45) is 0 Å². The Balaban J connectivity index is 1.28. The molecule has 0 N–H and O–H groups in total. The Kier molecular flexibility index (Phi) is 4.93. The molecule has 10 heteroatoms. The van der Waals surface area contributed by atoms with Gasteiger partial charge in [-0.05, 0) is 41.8 Å². The van der Waals surface area contributed by atoms with E-state index in [4.69, 9.17) is 14.6 Å². The zero-order valence-corrected chi connectivity index (χ0v) is 20.3. The smallest absolute Gasteiger partial charge is 0.291 e. The van der Waals surface area contributed by atoms with Crippen LogP contribution < -0.4 is 19.6 Å². The third-order valence-electron chi connectivity index (χ3n) is 5.80. The highest BCUT2D eigenvalue weighted by molar-refractivity contribution is 7.15. The summed E-state index contributed by atoms with van der Waals surface area (Å²) in [6.45, 7) is 0.283. The van der Waals surface area contributed by atoms with Gasteiger partial charge in [0.05, 0.1) is 15.1 Å². The van der Waals surface area contributed by atoms with Gasteiger partial charge in [0.25, 0.3) is 5.56 Å². The van der Waals surface area contributed by atoms with E-state index in [-0.39, 0.29) is 12.2 Å². The number of nitrogens with zero attached hydrogens (tertiary/aromatic N) is 5. The molecule has 1 atom stereocenters. The standard InChI is InChI=1S/C26H17N5O3S2/c32-25-22(13-16-14-30(17-7-2-1-3-8-17)28-23(16)21-11-6-12-35-21)36-26-27-24(29-31(25)26)20-15-33-18-9-4-5-10-19(18)34-20/h1-14,20H,15H2/b22-13-. The second-order valence-corrected chi connectivity index (χ2v) is 10.1. The second kappa shape index (κ2) is 8.43. The summed E-state index contributed by atoms with van der Waals surface area (Å²) in [4.78, 5) is 19.4. The Labute approximate surface area is 212 Å². The van der Waals surface area contributed by atoms with Crippen molar-refractivity contribution in [3.63, 3.8) is 0 Å². The summed E-state index contributed by atoms with van der Waals surface area (Å²) in [5.41, 5.74) is 2.39. The van der Waals surface area contributed by atoms with Crippen LogP contribution in [-0.4, -0.2) is 31.0 Å². The van der Waals surface area contributed by atoms with Crippen molar-refractivity contribution in [3.8, 4) is 27.8 Å². The first-order valence-corrected chi connectivity index (χ1v) is 12.9. The number of hydrogen-bond donors (Lipinski definition) is 0. The molecule has 0 saturated carbocycles. The average Bonchev–Trinajstić information content (AvgIpc) is 3.71. The molecule has 176 valence electrons. The molecule has 1 aliphatic heterocycles. The number of fused-ring (bicyclic) bond motifs is 2. The Morgan fingerprint density at radius 1 is 0.972 bits per heavy atom. The Bertz CT molecular complexity index is 1810. The molecule has 0 radical (unpaired) electrons. The lowest BCUT2D eigenvalue weighted by atomic mass is 10.2. The monoisotopic (exact) mass is 511 g/mol. The first kappa shape index (κ1) is 21.0. The van der Waals surface area contributed by atoms with Crippen molar-refractivity contribution < 1.29 is 9.47 Å². The second-order valence-electron chi connectivity index (χ2n) is 8.13. The first-order chi connectivity index (χ1) is 17.7. The predicted octanol–water partition coefficient (Wildman–Crippen LogP) is 4.13. The minimum Gasteiger partial charge on any atom is -0.485 e. The van der Waals surface area contributed by atoms with Gasteiger partial charge in [-0.3, -0.25) is 4.79 Å². The molecule has 0 amide bonds. The maximum Gasteiger partial charge on any atom is 0.291 e. The largest absolute Gasteiger partial charge is 0.485 e. The molecule has 7 rings (SSSR count). The van der Waals surface area contributed by atoms with Gasteiger partial charge >= 0.3 is 0 Å². The minimum atomic E-state index is -0.478. The van der Waals surface area contributed by atoms with Gasteiger partial charge in [-0.25, -0.2) is 4.68 Å². The lowest BCUT2D eigenvalue weighted by molar-refractivity contribution is 0.0852. The maximum atomic E-state index is 13.2. The summed E-state index contributed by atoms with van der Waals surface area (Å²) >= 11 is 2.90. The third kappa shape index (κ3) is 3.58. The molecule has 0 saturated heterocycles. The molecular formula is C26H17N5O3S2. The minimum absolute atomic E-state index is 0.226. The molecule has 5 heterocycles. The Hall–Kier alpha value is -4.28. The van der Waals surface area contributed by atoms with Crippen LogP contribution in [0.25, 0.3) is 27.3 Å². The van der Waals surface area contributed by atoms with Crippen molar-refractivity contribution in [3.05, 3.63) is 105 Å². The molecule has 0 fully saturated rings. The van der Waals surface area contributed by atoms with Crippen LogP contribution in [-0.2, 0) is 0 Å². The molecule has 4 aromatic heterocycles. The van der Waals surface area contributed by atoms with Crippen LogP contribution in [0.2, 0.25) is 0 Å².